The molecule has 0 saturated heterocycles. The fourth-order valence-electron chi connectivity index (χ4n) is 2.29. The summed E-state index contributed by atoms with van der Waals surface area (Å²) in [5.74, 6) is -0.127. The van der Waals surface area contributed by atoms with Crippen LogP contribution in [0.5, 0.6) is 0 Å². The summed E-state index contributed by atoms with van der Waals surface area (Å²) in [6, 6.07) is 15.4. The van der Waals surface area contributed by atoms with Gasteiger partial charge in [-0.25, -0.2) is 0 Å². The van der Waals surface area contributed by atoms with Gasteiger partial charge in [-0.2, -0.15) is 0 Å². The van der Waals surface area contributed by atoms with E-state index in [4.69, 9.17) is 17.3 Å². The lowest BCUT2D eigenvalue weighted by Gasteiger charge is -2.23. The smallest absolute Gasteiger partial charge is 0.0873 e. The molecule has 0 bridgehead atoms. The molecule has 0 fully saturated rings. The lowest BCUT2D eigenvalue weighted by Crippen LogP contribution is -2.20. The van der Waals surface area contributed by atoms with Crippen molar-refractivity contribution in [3.05, 3.63) is 70.2 Å². The van der Waals surface area contributed by atoms with Crippen molar-refractivity contribution in [2.75, 3.05) is 6.54 Å². The van der Waals surface area contributed by atoms with Crippen molar-refractivity contribution in [3.63, 3.8) is 0 Å². The number of nitrogens with two attached hydrogens (primary N) is 1. The molecule has 0 aromatic heterocycles. The molecule has 0 aliphatic heterocycles. The molecule has 0 spiro atoms. The van der Waals surface area contributed by atoms with Gasteiger partial charge in [-0.15, -0.1) is 0 Å². The average molecular weight is 276 g/mol. The Labute approximate surface area is 118 Å². The van der Waals surface area contributed by atoms with E-state index in [0.29, 0.717) is 11.6 Å². The molecular weight excluding hydrogens is 258 g/mol. The Balaban J connectivity index is 2.36. The van der Waals surface area contributed by atoms with E-state index in [2.05, 4.69) is 0 Å². The predicted molar refractivity (Wildman–Crippen MR) is 79.4 cm³/mol. The number of aryl methyl sites for hydroxylation is 1. The third-order valence-electron chi connectivity index (χ3n) is 3.42. The van der Waals surface area contributed by atoms with E-state index in [1.807, 2.05) is 55.5 Å². The number of aliphatic hydroxyl groups is 1. The van der Waals surface area contributed by atoms with Gasteiger partial charge < -0.3 is 10.8 Å². The second kappa shape index (κ2) is 6.20. The number of hydrogen-bond donors (Lipinski definition) is 2. The minimum absolute atomic E-state index is 0.127. The molecule has 3 heteroatoms. The van der Waals surface area contributed by atoms with Crippen molar-refractivity contribution < 1.29 is 5.11 Å². The van der Waals surface area contributed by atoms with Crippen LogP contribution in [0.1, 0.15) is 28.7 Å². The van der Waals surface area contributed by atoms with Gasteiger partial charge in [0, 0.05) is 17.5 Å². The van der Waals surface area contributed by atoms with Crippen LogP contribution in [0.4, 0.5) is 0 Å². The van der Waals surface area contributed by atoms with Crippen LogP contribution in [0.15, 0.2) is 48.5 Å². The van der Waals surface area contributed by atoms with Crippen LogP contribution in [0.2, 0.25) is 5.02 Å². The molecule has 0 radical (unpaired) electrons. The highest BCUT2D eigenvalue weighted by Crippen LogP contribution is 2.33. The van der Waals surface area contributed by atoms with E-state index in [0.717, 1.165) is 16.7 Å². The largest absolute Gasteiger partial charge is 0.388 e. The first-order valence-electron chi connectivity index (χ1n) is 6.32. The lowest BCUT2D eigenvalue weighted by atomic mass is 9.87. The second-order valence-corrected chi connectivity index (χ2v) is 5.14. The molecule has 0 aliphatic rings. The minimum Gasteiger partial charge on any atom is -0.388 e. The quantitative estimate of drug-likeness (QED) is 0.898. The van der Waals surface area contributed by atoms with Gasteiger partial charge in [0.15, 0.2) is 0 Å². The molecule has 0 aliphatic carbocycles. The van der Waals surface area contributed by atoms with Gasteiger partial charge in [0.2, 0.25) is 0 Å². The van der Waals surface area contributed by atoms with Crippen molar-refractivity contribution in [3.8, 4) is 0 Å². The first kappa shape index (κ1) is 14.1. The maximum atomic E-state index is 10.6. The Morgan fingerprint density at radius 3 is 2.47 bits per heavy atom. The molecule has 0 heterocycles. The molecule has 2 aromatic carbocycles. The molecule has 3 N–H and O–H groups in total. The molecule has 2 nitrogen and oxygen atoms in total. The standard InChI is InChI=1S/C16H18ClNO/c1-11-7-8-13(17)9-14(11)16(19)15(10-18)12-5-3-2-4-6-12/h2-9,15-16,19H,10,18H2,1H3. The summed E-state index contributed by atoms with van der Waals surface area (Å²) >= 11 is 6.01. The maximum absolute atomic E-state index is 10.6. The van der Waals surface area contributed by atoms with Crippen molar-refractivity contribution >= 4 is 11.6 Å². The molecule has 2 unspecified atom stereocenters. The van der Waals surface area contributed by atoms with Crippen molar-refractivity contribution in [2.45, 2.75) is 18.9 Å². The summed E-state index contributed by atoms with van der Waals surface area (Å²) in [7, 11) is 0. The third-order valence-corrected chi connectivity index (χ3v) is 3.66. The maximum Gasteiger partial charge on any atom is 0.0873 e. The number of aliphatic hydroxyl groups excluding tert-OH is 1. The Bertz CT molecular complexity index is 542. The monoisotopic (exact) mass is 275 g/mol. The zero-order chi connectivity index (χ0) is 13.8. The van der Waals surface area contributed by atoms with E-state index in [1.54, 1.807) is 0 Å². The van der Waals surface area contributed by atoms with Crippen LogP contribution in [0, 0.1) is 6.92 Å². The summed E-state index contributed by atoms with van der Waals surface area (Å²) in [6.45, 7) is 2.35. The highest BCUT2D eigenvalue weighted by atomic mass is 35.5. The van der Waals surface area contributed by atoms with Gasteiger partial charge in [-0.3, -0.25) is 0 Å². The fourth-order valence-corrected chi connectivity index (χ4v) is 2.47. The summed E-state index contributed by atoms with van der Waals surface area (Å²) < 4.78 is 0. The fraction of sp³-hybridized carbons (Fsp3) is 0.250. The molecule has 2 aromatic rings. The third kappa shape index (κ3) is 3.16. The van der Waals surface area contributed by atoms with Gasteiger partial charge in [-0.1, -0.05) is 48.0 Å². The normalized spacial score (nSPS) is 14.1. The van der Waals surface area contributed by atoms with Gasteiger partial charge in [0.1, 0.15) is 0 Å². The van der Waals surface area contributed by atoms with E-state index in [-0.39, 0.29) is 5.92 Å². The van der Waals surface area contributed by atoms with Gasteiger partial charge >= 0.3 is 0 Å². The average Bonchev–Trinajstić information content (AvgIpc) is 2.43. The van der Waals surface area contributed by atoms with E-state index in [9.17, 15) is 5.11 Å². The molecule has 2 rings (SSSR count). The number of rotatable bonds is 4. The van der Waals surface area contributed by atoms with Crippen LogP contribution >= 0.6 is 11.6 Å². The van der Waals surface area contributed by atoms with Crippen molar-refractivity contribution in [1.29, 1.82) is 0 Å². The summed E-state index contributed by atoms with van der Waals surface area (Å²) in [6.07, 6.45) is -0.647. The first-order valence-corrected chi connectivity index (χ1v) is 6.70. The highest BCUT2D eigenvalue weighted by Gasteiger charge is 2.22. The van der Waals surface area contributed by atoms with Crippen LogP contribution in [-0.2, 0) is 0 Å². The first-order chi connectivity index (χ1) is 9.13. The van der Waals surface area contributed by atoms with Gasteiger partial charge in [0.25, 0.3) is 0 Å². The Morgan fingerprint density at radius 1 is 1.16 bits per heavy atom. The van der Waals surface area contributed by atoms with Gasteiger partial charge in [-0.05, 0) is 35.7 Å². The summed E-state index contributed by atoms with van der Waals surface area (Å²) in [5, 5.41) is 11.2. The van der Waals surface area contributed by atoms with E-state index >= 15 is 0 Å². The summed E-state index contributed by atoms with van der Waals surface area (Å²) in [4.78, 5) is 0. The molecule has 0 saturated carbocycles. The zero-order valence-corrected chi connectivity index (χ0v) is 11.6. The number of benzene rings is 2. The number of halogens is 1. The zero-order valence-electron chi connectivity index (χ0n) is 10.9. The molecule has 100 valence electrons. The molecule has 0 amide bonds. The van der Waals surface area contributed by atoms with Crippen LogP contribution < -0.4 is 5.73 Å². The molecule has 19 heavy (non-hydrogen) atoms. The summed E-state index contributed by atoms with van der Waals surface area (Å²) in [5.41, 5.74) is 8.74. The Hall–Kier alpha value is -1.35. The number of hydrogen-bond acceptors (Lipinski definition) is 2. The predicted octanol–water partition coefficient (Wildman–Crippen LogP) is 3.42. The SMILES string of the molecule is Cc1ccc(Cl)cc1C(O)C(CN)c1ccccc1. The highest BCUT2D eigenvalue weighted by molar-refractivity contribution is 6.30. The second-order valence-electron chi connectivity index (χ2n) is 4.70. The van der Waals surface area contributed by atoms with E-state index < -0.39 is 6.10 Å². The van der Waals surface area contributed by atoms with Crippen LogP contribution in [0.3, 0.4) is 0 Å². The van der Waals surface area contributed by atoms with Crippen LogP contribution in [-0.4, -0.2) is 11.7 Å². The van der Waals surface area contributed by atoms with Crippen molar-refractivity contribution in [2.24, 2.45) is 5.73 Å². The minimum atomic E-state index is -0.647. The van der Waals surface area contributed by atoms with E-state index in [1.165, 1.54) is 0 Å². The molecule has 2 atom stereocenters. The van der Waals surface area contributed by atoms with Crippen LogP contribution in [0.25, 0.3) is 0 Å². The van der Waals surface area contributed by atoms with Crippen molar-refractivity contribution in [1.82, 2.24) is 0 Å². The topological polar surface area (TPSA) is 46.2 Å². The Morgan fingerprint density at radius 2 is 1.84 bits per heavy atom. The Kier molecular flexibility index (Phi) is 4.59. The lowest BCUT2D eigenvalue weighted by molar-refractivity contribution is 0.147. The molecular formula is C16H18ClNO. The van der Waals surface area contributed by atoms with Gasteiger partial charge in [0.05, 0.1) is 6.10 Å².